The maximum absolute atomic E-state index is 14.6. The molecule has 0 aliphatic carbocycles. The molecule has 0 saturated carbocycles. The van der Waals surface area contributed by atoms with E-state index in [0.29, 0.717) is 35.8 Å². The lowest BCUT2D eigenvalue weighted by molar-refractivity contribution is -0.150. The smallest absolute Gasteiger partial charge is 0.264 e. The second kappa shape index (κ2) is 10.7. The Balaban J connectivity index is 1.35. The number of halogens is 1. The van der Waals surface area contributed by atoms with E-state index < -0.39 is 31.5 Å². The molecule has 0 bridgehead atoms. The number of nitrogens with zero attached hydrogens (tertiary/aromatic N) is 3. The van der Waals surface area contributed by atoms with Crippen molar-refractivity contribution >= 4 is 49.0 Å². The molecule has 3 fully saturated rings. The van der Waals surface area contributed by atoms with Crippen molar-refractivity contribution in [2.75, 3.05) is 29.5 Å². The summed E-state index contributed by atoms with van der Waals surface area (Å²) in [6.45, 7) is 7.04. The van der Waals surface area contributed by atoms with Gasteiger partial charge in [-0.3, -0.25) is 14.4 Å². The molecule has 0 unspecified atom stereocenters. The molecule has 1 spiro atoms. The molecule has 6 rings (SSSR count). The first kappa shape index (κ1) is 29.3. The molecule has 4 aliphatic rings. The van der Waals surface area contributed by atoms with Crippen molar-refractivity contribution in [2.24, 2.45) is 5.92 Å². The van der Waals surface area contributed by atoms with Gasteiger partial charge in [-0.25, -0.2) is 0 Å². The van der Waals surface area contributed by atoms with E-state index in [1.807, 2.05) is 50.3 Å². The summed E-state index contributed by atoms with van der Waals surface area (Å²) in [4.78, 5) is 56.8. The van der Waals surface area contributed by atoms with E-state index in [9.17, 15) is 24.3 Å². The topological polar surface area (TPSA) is 111 Å². The quantitative estimate of drug-likeness (QED) is 0.364. The average molecular weight is 612 g/mol. The predicted molar refractivity (Wildman–Crippen MR) is 162 cm³/mol. The van der Waals surface area contributed by atoms with Crippen LogP contribution < -0.4 is 9.80 Å². The summed E-state index contributed by atoms with van der Waals surface area (Å²) < 4.78 is 6.79. The molecular weight excluding hydrogens is 574 g/mol. The molecule has 2 aromatic carbocycles. The fraction of sp³-hybridized carbons (Fsp3) is 0.516. The van der Waals surface area contributed by atoms with Crippen molar-refractivity contribution < 1.29 is 29.0 Å². The molecule has 4 heterocycles. The fourth-order valence-electron chi connectivity index (χ4n) is 7.64. The van der Waals surface area contributed by atoms with Crippen molar-refractivity contribution in [3.63, 3.8) is 0 Å². The molecule has 0 aromatic heterocycles. The molecule has 3 amide bonds. The first-order valence-electron chi connectivity index (χ1n) is 14.8. The largest absolute Gasteiger partial charge is 0.432 e. The van der Waals surface area contributed by atoms with Crippen molar-refractivity contribution in [1.82, 2.24) is 4.90 Å². The minimum atomic E-state index is -2.95. The highest BCUT2D eigenvalue weighted by Crippen LogP contribution is 2.60. The summed E-state index contributed by atoms with van der Waals surface area (Å²) >= 11 is 6.50. The number of ether oxygens (including phenoxy) is 1. The van der Waals surface area contributed by atoms with Crippen LogP contribution in [0.2, 0.25) is 23.7 Å². The molecule has 2 N–H and O–H groups in total. The number of likely N-dealkylation sites (tertiary alicyclic amines) is 1. The van der Waals surface area contributed by atoms with Crippen LogP contribution in [-0.2, 0) is 31.3 Å². The summed E-state index contributed by atoms with van der Waals surface area (Å²) in [5.41, 5.74) is 1.21. The van der Waals surface area contributed by atoms with E-state index in [4.69, 9.17) is 16.3 Å². The van der Waals surface area contributed by atoms with Crippen LogP contribution in [0.1, 0.15) is 43.7 Å². The molecule has 224 valence electrons. The van der Waals surface area contributed by atoms with Gasteiger partial charge >= 0.3 is 0 Å². The minimum Gasteiger partial charge on any atom is -0.432 e. The van der Waals surface area contributed by atoms with Crippen molar-refractivity contribution in [3.8, 4) is 0 Å². The number of fused-ring (bicyclic) bond motifs is 2. The molecule has 2 aromatic rings. The Hall–Kier alpha value is -2.76. The zero-order valence-corrected chi connectivity index (χ0v) is 26.0. The second-order valence-electron chi connectivity index (χ2n) is 12.6. The van der Waals surface area contributed by atoms with E-state index >= 15 is 0 Å². The van der Waals surface area contributed by atoms with Crippen LogP contribution in [0.5, 0.6) is 0 Å². The lowest BCUT2D eigenvalue weighted by Gasteiger charge is -2.33. The minimum absolute atomic E-state index is 0.0271. The first-order valence-corrected chi connectivity index (χ1v) is 18.2. The lowest BCUT2D eigenvalue weighted by atomic mass is 9.82. The van der Waals surface area contributed by atoms with Crippen LogP contribution in [0, 0.1) is 5.92 Å². The van der Waals surface area contributed by atoms with E-state index in [-0.39, 0.29) is 43.3 Å². The predicted octanol–water partition coefficient (Wildman–Crippen LogP) is 3.79. The molecule has 0 radical (unpaired) electrons. The number of hydrogen-bond acceptors (Lipinski definition) is 6. The Bertz CT molecular complexity index is 1430. The molecule has 9 nitrogen and oxygen atoms in total. The molecule has 3 saturated heterocycles. The standard InChI is InChI=1S/C31H38ClN3O6Si/c1-19-29(42(2,3)40)26(16-28(38)33-12-5-8-23(33)18-36)41-31(19)24-15-21(32)9-10-25(24)35(30(31)39)17-20-6-4-7-22(14-20)34-13-11-27(34)37/h4,6-7,9-10,14-15,19,23,26,29,36,40H,5,8,11-13,16-18H2,1-3H3/t19-,23+,26+,29-,31+/m1/s1. The third-order valence-electron chi connectivity index (χ3n) is 9.64. The first-order chi connectivity index (χ1) is 20.0. The normalized spacial score (nSPS) is 29.0. The Kier molecular flexibility index (Phi) is 7.50. The Labute approximate surface area is 252 Å². The summed E-state index contributed by atoms with van der Waals surface area (Å²) in [6, 6.07) is 12.8. The number of carbonyl (C=O) groups excluding carboxylic acids is 3. The van der Waals surface area contributed by atoms with Gasteiger partial charge in [0.25, 0.3) is 5.91 Å². The van der Waals surface area contributed by atoms with Gasteiger partial charge in [-0.15, -0.1) is 0 Å². The van der Waals surface area contributed by atoms with E-state index in [2.05, 4.69) is 0 Å². The van der Waals surface area contributed by atoms with Gasteiger partial charge < -0.3 is 29.3 Å². The maximum Gasteiger partial charge on any atom is 0.264 e. The summed E-state index contributed by atoms with van der Waals surface area (Å²) in [5.74, 6) is -0.715. The zero-order valence-electron chi connectivity index (χ0n) is 24.3. The number of hydrogen-bond donors (Lipinski definition) is 2. The number of carbonyl (C=O) groups is 3. The molecule has 4 aliphatic heterocycles. The van der Waals surface area contributed by atoms with E-state index in [1.165, 1.54) is 0 Å². The van der Waals surface area contributed by atoms with Crippen LogP contribution in [0.4, 0.5) is 11.4 Å². The number of benzene rings is 2. The highest BCUT2D eigenvalue weighted by Gasteiger charge is 2.66. The number of rotatable bonds is 7. The summed E-state index contributed by atoms with van der Waals surface area (Å²) in [6.07, 6.45) is 1.48. The van der Waals surface area contributed by atoms with Gasteiger partial charge in [-0.2, -0.15) is 0 Å². The number of aliphatic hydroxyl groups excluding tert-OH is 1. The van der Waals surface area contributed by atoms with Crippen LogP contribution in [0.25, 0.3) is 0 Å². The van der Waals surface area contributed by atoms with Gasteiger partial charge in [0, 0.05) is 47.2 Å². The number of amides is 3. The lowest BCUT2D eigenvalue weighted by Crippen LogP contribution is -2.46. The van der Waals surface area contributed by atoms with Gasteiger partial charge in [0.05, 0.1) is 37.4 Å². The van der Waals surface area contributed by atoms with E-state index in [0.717, 1.165) is 24.1 Å². The Morgan fingerprint density at radius 1 is 1.17 bits per heavy atom. The molecule has 5 atom stereocenters. The van der Waals surface area contributed by atoms with Crippen LogP contribution in [0.15, 0.2) is 42.5 Å². The van der Waals surface area contributed by atoms with Crippen LogP contribution in [-0.4, -0.2) is 72.7 Å². The SMILES string of the molecule is C[C@@H]1[C@@H]([Si](C)(C)O)[C@H](CC(=O)N2CCC[C@H]2CO)O[C@@]12C(=O)N(Cc1cccc(N3CCC3=O)c1)c1ccc(Cl)cc12. The van der Waals surface area contributed by atoms with Gasteiger partial charge in [0.1, 0.15) is 0 Å². The number of aliphatic hydroxyl groups is 1. The van der Waals surface area contributed by atoms with Crippen molar-refractivity contribution in [3.05, 3.63) is 58.6 Å². The maximum atomic E-state index is 14.6. The molecular formula is C31H38ClN3O6Si. The van der Waals surface area contributed by atoms with E-state index in [1.54, 1.807) is 26.8 Å². The average Bonchev–Trinajstić information content (AvgIpc) is 3.58. The molecule has 11 heteroatoms. The number of anilines is 2. The monoisotopic (exact) mass is 611 g/mol. The summed E-state index contributed by atoms with van der Waals surface area (Å²) in [5, 5.41) is 10.3. The van der Waals surface area contributed by atoms with Gasteiger partial charge in [0.15, 0.2) is 13.9 Å². The number of β-lactam (4-membered cyclic amide) rings is 1. The van der Waals surface area contributed by atoms with Gasteiger partial charge in [-0.05, 0) is 61.8 Å². The summed E-state index contributed by atoms with van der Waals surface area (Å²) in [7, 11) is -2.95. The van der Waals surface area contributed by atoms with Crippen molar-refractivity contribution in [2.45, 2.75) is 75.5 Å². The van der Waals surface area contributed by atoms with Gasteiger partial charge in [0.2, 0.25) is 11.8 Å². The highest BCUT2D eigenvalue weighted by molar-refractivity contribution is 6.71. The fourth-order valence-corrected chi connectivity index (χ4v) is 10.4. The Morgan fingerprint density at radius 3 is 2.62 bits per heavy atom. The molecule has 42 heavy (non-hydrogen) atoms. The second-order valence-corrected chi connectivity index (χ2v) is 17.1. The van der Waals surface area contributed by atoms with Gasteiger partial charge in [-0.1, -0.05) is 30.7 Å². The third kappa shape index (κ3) is 4.68. The van der Waals surface area contributed by atoms with Crippen molar-refractivity contribution in [1.29, 1.82) is 0 Å². The highest BCUT2D eigenvalue weighted by atomic mass is 35.5. The van der Waals surface area contributed by atoms with Crippen LogP contribution in [0.3, 0.4) is 0 Å². The zero-order chi connectivity index (χ0) is 30.0. The third-order valence-corrected chi connectivity index (χ3v) is 12.4. The van der Waals surface area contributed by atoms with Crippen LogP contribution >= 0.6 is 11.6 Å². The Morgan fingerprint density at radius 2 is 1.95 bits per heavy atom.